The van der Waals surface area contributed by atoms with Crippen LogP contribution in [0.3, 0.4) is 0 Å². The molecule has 5 heteroatoms. The Labute approximate surface area is 87.4 Å². The standard InChI is InChI=1S/C10H14N2O3/c1-7-6-9(13)12(8(2)11-7)5-3-4-10(14)15/h6H,3-5H2,1-2H3,(H,14,15). The van der Waals surface area contributed by atoms with Crippen LogP contribution < -0.4 is 5.56 Å². The van der Waals surface area contributed by atoms with Crippen LogP contribution >= 0.6 is 0 Å². The van der Waals surface area contributed by atoms with E-state index in [0.717, 1.165) is 0 Å². The van der Waals surface area contributed by atoms with Gasteiger partial charge in [-0.1, -0.05) is 0 Å². The van der Waals surface area contributed by atoms with E-state index in [2.05, 4.69) is 4.98 Å². The molecule has 0 bridgehead atoms. The van der Waals surface area contributed by atoms with Gasteiger partial charge in [0.15, 0.2) is 0 Å². The fourth-order valence-corrected chi connectivity index (χ4v) is 1.42. The van der Waals surface area contributed by atoms with E-state index in [1.807, 2.05) is 0 Å². The number of aryl methyl sites for hydroxylation is 2. The Morgan fingerprint density at radius 2 is 2.20 bits per heavy atom. The van der Waals surface area contributed by atoms with Crippen LogP contribution in [0.2, 0.25) is 0 Å². The lowest BCUT2D eigenvalue weighted by molar-refractivity contribution is -0.137. The summed E-state index contributed by atoms with van der Waals surface area (Å²) >= 11 is 0. The Bertz CT molecular complexity index is 423. The maximum Gasteiger partial charge on any atom is 0.303 e. The second-order valence-corrected chi connectivity index (χ2v) is 3.43. The Hall–Kier alpha value is -1.65. The van der Waals surface area contributed by atoms with Gasteiger partial charge in [0, 0.05) is 24.7 Å². The van der Waals surface area contributed by atoms with Gasteiger partial charge in [0.05, 0.1) is 0 Å². The number of carbonyl (C=O) groups is 1. The molecule has 1 heterocycles. The average Bonchev–Trinajstić information content (AvgIpc) is 2.08. The molecular weight excluding hydrogens is 196 g/mol. The van der Waals surface area contributed by atoms with Crippen LogP contribution in [0.1, 0.15) is 24.4 Å². The lowest BCUT2D eigenvalue weighted by Crippen LogP contribution is -2.23. The SMILES string of the molecule is Cc1cc(=O)n(CCCC(=O)O)c(C)n1. The second-order valence-electron chi connectivity index (χ2n) is 3.43. The predicted molar refractivity (Wildman–Crippen MR) is 54.8 cm³/mol. The Morgan fingerprint density at radius 1 is 1.53 bits per heavy atom. The van der Waals surface area contributed by atoms with Crippen molar-refractivity contribution < 1.29 is 9.90 Å². The molecule has 1 rings (SSSR count). The number of aliphatic carboxylic acids is 1. The van der Waals surface area contributed by atoms with E-state index in [0.29, 0.717) is 24.5 Å². The molecule has 5 nitrogen and oxygen atoms in total. The predicted octanol–water partition coefficient (Wildman–Crippen LogP) is 0.725. The van der Waals surface area contributed by atoms with Gasteiger partial charge in [0.2, 0.25) is 0 Å². The Kier molecular flexibility index (Phi) is 3.60. The third-order valence-electron chi connectivity index (χ3n) is 2.10. The zero-order valence-electron chi connectivity index (χ0n) is 8.86. The molecule has 1 N–H and O–H groups in total. The zero-order chi connectivity index (χ0) is 11.4. The number of hydrogen-bond acceptors (Lipinski definition) is 3. The summed E-state index contributed by atoms with van der Waals surface area (Å²) in [5, 5.41) is 8.47. The van der Waals surface area contributed by atoms with Crippen molar-refractivity contribution in [3.05, 3.63) is 27.9 Å². The highest BCUT2D eigenvalue weighted by Crippen LogP contribution is 1.97. The van der Waals surface area contributed by atoms with E-state index in [-0.39, 0.29) is 12.0 Å². The van der Waals surface area contributed by atoms with Crippen LogP contribution in [0.15, 0.2) is 10.9 Å². The first-order valence-corrected chi connectivity index (χ1v) is 4.77. The summed E-state index contributed by atoms with van der Waals surface area (Å²) < 4.78 is 1.50. The molecule has 0 fully saturated rings. The number of hydrogen-bond donors (Lipinski definition) is 1. The molecule has 0 aliphatic rings. The average molecular weight is 210 g/mol. The van der Waals surface area contributed by atoms with Crippen molar-refractivity contribution in [3.8, 4) is 0 Å². The normalized spacial score (nSPS) is 10.3. The summed E-state index contributed by atoms with van der Waals surface area (Å²) in [6, 6.07) is 1.45. The molecule has 0 aliphatic heterocycles. The van der Waals surface area contributed by atoms with E-state index in [4.69, 9.17) is 5.11 Å². The van der Waals surface area contributed by atoms with Crippen LogP contribution in [-0.2, 0) is 11.3 Å². The third kappa shape index (κ3) is 3.19. The van der Waals surface area contributed by atoms with Gasteiger partial charge in [0.25, 0.3) is 5.56 Å². The summed E-state index contributed by atoms with van der Waals surface area (Å²) in [5.41, 5.74) is 0.567. The smallest absolute Gasteiger partial charge is 0.303 e. The highest BCUT2D eigenvalue weighted by atomic mass is 16.4. The molecular formula is C10H14N2O3. The lowest BCUT2D eigenvalue weighted by Gasteiger charge is -2.08. The van der Waals surface area contributed by atoms with E-state index in [1.165, 1.54) is 10.6 Å². The van der Waals surface area contributed by atoms with Gasteiger partial charge < -0.3 is 5.11 Å². The molecule has 1 aromatic rings. The largest absolute Gasteiger partial charge is 0.481 e. The first-order valence-electron chi connectivity index (χ1n) is 4.77. The minimum Gasteiger partial charge on any atom is -0.481 e. The van der Waals surface area contributed by atoms with Crippen molar-refractivity contribution in [2.24, 2.45) is 0 Å². The first-order chi connectivity index (χ1) is 7.00. The van der Waals surface area contributed by atoms with Crippen molar-refractivity contribution >= 4 is 5.97 Å². The summed E-state index contributed by atoms with van der Waals surface area (Å²) in [4.78, 5) is 26.0. The first kappa shape index (κ1) is 11.4. The lowest BCUT2D eigenvalue weighted by atomic mass is 10.3. The monoisotopic (exact) mass is 210 g/mol. The fraction of sp³-hybridized carbons (Fsp3) is 0.500. The molecule has 0 radical (unpaired) electrons. The van der Waals surface area contributed by atoms with Gasteiger partial charge in [-0.2, -0.15) is 0 Å². The Morgan fingerprint density at radius 3 is 2.73 bits per heavy atom. The highest BCUT2D eigenvalue weighted by Gasteiger charge is 2.03. The molecule has 15 heavy (non-hydrogen) atoms. The molecule has 82 valence electrons. The van der Waals surface area contributed by atoms with Crippen LogP contribution in [-0.4, -0.2) is 20.6 Å². The molecule has 0 aliphatic carbocycles. The quantitative estimate of drug-likeness (QED) is 0.795. The van der Waals surface area contributed by atoms with Crippen LogP contribution in [0.5, 0.6) is 0 Å². The molecule has 0 atom stereocenters. The van der Waals surface area contributed by atoms with E-state index < -0.39 is 5.97 Å². The van der Waals surface area contributed by atoms with Gasteiger partial charge in [-0.05, 0) is 20.3 Å². The topological polar surface area (TPSA) is 72.2 Å². The Balaban J connectivity index is 2.77. The number of aromatic nitrogens is 2. The van der Waals surface area contributed by atoms with E-state index >= 15 is 0 Å². The van der Waals surface area contributed by atoms with E-state index in [9.17, 15) is 9.59 Å². The third-order valence-corrected chi connectivity index (χ3v) is 2.10. The second kappa shape index (κ2) is 4.72. The number of nitrogens with zero attached hydrogens (tertiary/aromatic N) is 2. The van der Waals surface area contributed by atoms with Gasteiger partial charge in [-0.25, -0.2) is 4.98 Å². The molecule has 0 spiro atoms. The minimum atomic E-state index is -0.847. The maximum absolute atomic E-state index is 11.5. The number of carboxylic acids is 1. The maximum atomic E-state index is 11.5. The summed E-state index contributed by atoms with van der Waals surface area (Å²) in [6.45, 7) is 3.91. The molecule has 0 saturated carbocycles. The van der Waals surface area contributed by atoms with Crippen molar-refractivity contribution in [1.82, 2.24) is 9.55 Å². The number of rotatable bonds is 4. The molecule has 0 saturated heterocycles. The van der Waals surface area contributed by atoms with Gasteiger partial charge >= 0.3 is 5.97 Å². The van der Waals surface area contributed by atoms with Gasteiger partial charge in [-0.3, -0.25) is 14.2 Å². The highest BCUT2D eigenvalue weighted by molar-refractivity contribution is 5.66. The van der Waals surface area contributed by atoms with Crippen LogP contribution in [0, 0.1) is 13.8 Å². The number of carboxylic acid groups (broad SMARTS) is 1. The molecule has 0 aromatic carbocycles. The van der Waals surface area contributed by atoms with Crippen LogP contribution in [0.25, 0.3) is 0 Å². The van der Waals surface area contributed by atoms with Crippen molar-refractivity contribution in [1.29, 1.82) is 0 Å². The molecule has 1 aromatic heterocycles. The fourth-order valence-electron chi connectivity index (χ4n) is 1.42. The minimum absolute atomic E-state index is 0.0692. The summed E-state index contributed by atoms with van der Waals surface area (Å²) in [6.07, 6.45) is 0.514. The summed E-state index contributed by atoms with van der Waals surface area (Å²) in [5.74, 6) is -0.217. The van der Waals surface area contributed by atoms with Crippen LogP contribution in [0.4, 0.5) is 0 Å². The summed E-state index contributed by atoms with van der Waals surface area (Å²) in [7, 11) is 0. The van der Waals surface area contributed by atoms with Crippen molar-refractivity contribution in [2.45, 2.75) is 33.2 Å². The zero-order valence-corrected chi connectivity index (χ0v) is 8.86. The molecule has 0 amide bonds. The van der Waals surface area contributed by atoms with E-state index in [1.54, 1.807) is 13.8 Å². The van der Waals surface area contributed by atoms with Crippen molar-refractivity contribution in [3.63, 3.8) is 0 Å². The molecule has 0 unspecified atom stereocenters. The van der Waals surface area contributed by atoms with Gasteiger partial charge in [-0.15, -0.1) is 0 Å². The van der Waals surface area contributed by atoms with Gasteiger partial charge in [0.1, 0.15) is 5.82 Å². The van der Waals surface area contributed by atoms with Crippen molar-refractivity contribution in [2.75, 3.05) is 0 Å².